The van der Waals surface area contributed by atoms with E-state index in [4.69, 9.17) is 4.74 Å². The van der Waals surface area contributed by atoms with E-state index in [1.165, 1.54) is 18.1 Å². The maximum Gasteiger partial charge on any atom is 0.238 e. The first kappa shape index (κ1) is 27.6. The van der Waals surface area contributed by atoms with Gasteiger partial charge in [-0.05, 0) is 92.9 Å². The number of nitrogens with zero attached hydrogens (tertiary/aromatic N) is 1. The highest BCUT2D eigenvalue weighted by Gasteiger charge is 2.56. The van der Waals surface area contributed by atoms with Gasteiger partial charge < -0.3 is 9.84 Å². The zero-order valence-corrected chi connectivity index (χ0v) is 25.4. The highest BCUT2D eigenvalue weighted by molar-refractivity contribution is 9.13. The summed E-state index contributed by atoms with van der Waals surface area (Å²) in [6.07, 6.45) is 5.52. The first-order valence-corrected chi connectivity index (χ1v) is 14.7. The zero-order valence-electron chi connectivity index (χ0n) is 22.2. The Hall–Kier alpha value is -3.56. The fourth-order valence-electron chi connectivity index (χ4n) is 6.73. The third kappa shape index (κ3) is 4.04. The van der Waals surface area contributed by atoms with Crippen LogP contribution in [0.5, 0.6) is 11.5 Å². The van der Waals surface area contributed by atoms with Crippen molar-refractivity contribution in [1.29, 1.82) is 0 Å². The molecule has 0 saturated carbocycles. The fraction of sp³-hybridized carbons (Fsp3) is 0.250. The number of carbonyl (C=O) groups excluding carboxylic acids is 4. The highest BCUT2D eigenvalue weighted by Crippen LogP contribution is 2.57. The molecule has 4 aliphatic rings. The van der Waals surface area contributed by atoms with E-state index in [1.54, 1.807) is 43.3 Å². The van der Waals surface area contributed by atoms with Gasteiger partial charge in [0, 0.05) is 27.1 Å². The lowest BCUT2D eigenvalue weighted by Crippen LogP contribution is -2.40. The molecule has 9 heteroatoms. The highest BCUT2D eigenvalue weighted by atomic mass is 79.9. The SMILES string of the molecule is C=Cc1ccc(N2C(=O)[C@H]3[C@H](CC=C4[C@H](c5cc(OC)c(O)c(Br)c5Br)C5=C(C[C@H]43)C(=O)C(C)=CC5=O)C2=O)cc1. The van der Waals surface area contributed by atoms with Gasteiger partial charge in [0.2, 0.25) is 11.8 Å². The Morgan fingerprint density at radius 1 is 1.05 bits per heavy atom. The van der Waals surface area contributed by atoms with Crippen LogP contribution in [0.4, 0.5) is 5.69 Å². The van der Waals surface area contributed by atoms with Crippen molar-refractivity contribution in [2.75, 3.05) is 12.0 Å². The Labute approximate surface area is 253 Å². The molecule has 0 aromatic heterocycles. The van der Waals surface area contributed by atoms with E-state index in [1.807, 2.05) is 6.08 Å². The van der Waals surface area contributed by atoms with Crippen molar-refractivity contribution >= 4 is 67.0 Å². The van der Waals surface area contributed by atoms with Crippen molar-refractivity contribution in [3.8, 4) is 11.5 Å². The second-order valence-corrected chi connectivity index (χ2v) is 12.3. The smallest absolute Gasteiger partial charge is 0.238 e. The second kappa shape index (κ2) is 10.1. The molecule has 1 fully saturated rings. The number of ether oxygens (including phenoxy) is 1. The van der Waals surface area contributed by atoms with Gasteiger partial charge in [0.05, 0.1) is 29.1 Å². The molecular formula is C32H25Br2NO6. The zero-order chi connectivity index (χ0) is 29.3. The van der Waals surface area contributed by atoms with Crippen LogP contribution in [-0.2, 0) is 19.2 Å². The number of methoxy groups -OCH3 is 1. The molecular weight excluding hydrogens is 654 g/mol. The molecule has 1 N–H and O–H groups in total. The number of fused-ring (bicyclic) bond motifs is 3. The number of halogens is 2. The summed E-state index contributed by atoms with van der Waals surface area (Å²) < 4.78 is 6.26. The van der Waals surface area contributed by atoms with Crippen LogP contribution < -0.4 is 9.64 Å². The minimum Gasteiger partial charge on any atom is -0.503 e. The Morgan fingerprint density at radius 3 is 2.41 bits per heavy atom. The molecule has 2 aromatic rings. The first-order chi connectivity index (χ1) is 19.6. The Bertz CT molecular complexity index is 1680. The lowest BCUT2D eigenvalue weighted by molar-refractivity contribution is -0.123. The molecule has 208 valence electrons. The van der Waals surface area contributed by atoms with Crippen molar-refractivity contribution in [3.05, 3.63) is 91.4 Å². The summed E-state index contributed by atoms with van der Waals surface area (Å²) in [6.45, 7) is 5.37. The van der Waals surface area contributed by atoms with E-state index >= 15 is 0 Å². The molecule has 1 saturated heterocycles. The molecule has 7 nitrogen and oxygen atoms in total. The molecule has 1 heterocycles. The van der Waals surface area contributed by atoms with Gasteiger partial charge in [0.25, 0.3) is 0 Å². The van der Waals surface area contributed by atoms with Crippen LogP contribution in [0.1, 0.15) is 36.8 Å². The number of phenols is 1. The lowest BCUT2D eigenvalue weighted by atomic mass is 9.59. The second-order valence-electron chi connectivity index (χ2n) is 10.7. The summed E-state index contributed by atoms with van der Waals surface area (Å²) in [7, 11) is 1.43. The van der Waals surface area contributed by atoms with E-state index in [-0.39, 0.29) is 41.3 Å². The summed E-state index contributed by atoms with van der Waals surface area (Å²) in [5.41, 5.74) is 3.84. The van der Waals surface area contributed by atoms with Crippen LogP contribution in [-0.4, -0.2) is 35.6 Å². The number of phenolic OH excluding ortho intramolecular Hbond substituents is 1. The molecule has 3 aliphatic carbocycles. The van der Waals surface area contributed by atoms with Gasteiger partial charge in [-0.25, -0.2) is 0 Å². The molecule has 1 aliphatic heterocycles. The van der Waals surface area contributed by atoms with Crippen LogP contribution >= 0.6 is 31.9 Å². The molecule has 41 heavy (non-hydrogen) atoms. The van der Waals surface area contributed by atoms with Gasteiger partial charge in [-0.1, -0.05) is 36.4 Å². The van der Waals surface area contributed by atoms with Crippen LogP contribution in [0.2, 0.25) is 0 Å². The van der Waals surface area contributed by atoms with Crippen molar-refractivity contribution < 1.29 is 29.0 Å². The van der Waals surface area contributed by atoms with Gasteiger partial charge in [0.15, 0.2) is 23.1 Å². The standard InChI is InChI=1S/C32H25Br2NO6/c1-4-15-5-7-16(8-6-15)35-31(39)18-10-9-17-19(25(18)32(35)40)12-21-26(22(36)11-14(2)29(21)37)24(17)20-13-23(41-3)30(38)28(34)27(20)33/h4-9,11,13,18-19,24-25,38H,1,10,12H2,2-3H3/t18-,19+,24+,25-/m0/s1. The molecule has 6 rings (SSSR count). The predicted octanol–water partition coefficient (Wildman–Crippen LogP) is 6.20. The Kier molecular flexibility index (Phi) is 6.77. The number of hydrogen-bond donors (Lipinski definition) is 1. The van der Waals surface area contributed by atoms with Crippen LogP contribution in [0.25, 0.3) is 6.08 Å². The largest absolute Gasteiger partial charge is 0.503 e. The van der Waals surface area contributed by atoms with Gasteiger partial charge in [-0.15, -0.1) is 0 Å². The number of Topliss-reactive ketones (excluding diaryl/α,β-unsaturated/α-hetero) is 1. The number of ketones is 2. The number of amides is 2. The summed E-state index contributed by atoms with van der Waals surface area (Å²) >= 11 is 7.00. The fourth-order valence-corrected chi connectivity index (χ4v) is 7.68. The average molecular weight is 679 g/mol. The number of allylic oxidation sites excluding steroid dienone is 6. The van der Waals surface area contributed by atoms with E-state index in [0.29, 0.717) is 43.3 Å². The number of anilines is 1. The van der Waals surface area contributed by atoms with Gasteiger partial charge in [0.1, 0.15) is 0 Å². The maximum absolute atomic E-state index is 14.0. The summed E-state index contributed by atoms with van der Waals surface area (Å²) in [6, 6.07) is 8.72. The third-order valence-corrected chi connectivity index (χ3v) is 10.8. The van der Waals surface area contributed by atoms with Crippen LogP contribution in [0.3, 0.4) is 0 Å². The topological polar surface area (TPSA) is 101 Å². The van der Waals surface area contributed by atoms with Crippen molar-refractivity contribution in [2.45, 2.75) is 25.7 Å². The van der Waals surface area contributed by atoms with Crippen molar-refractivity contribution in [2.24, 2.45) is 17.8 Å². The summed E-state index contributed by atoms with van der Waals surface area (Å²) in [4.78, 5) is 56.0. The number of aromatic hydroxyl groups is 1. The number of hydrogen-bond acceptors (Lipinski definition) is 6. The normalized spacial score (nSPS) is 25.4. The molecule has 4 atom stereocenters. The average Bonchev–Trinajstić information content (AvgIpc) is 3.23. The molecule has 0 unspecified atom stereocenters. The lowest BCUT2D eigenvalue weighted by Gasteiger charge is -2.42. The summed E-state index contributed by atoms with van der Waals surface area (Å²) in [5.74, 6) is -3.42. The molecule has 0 radical (unpaired) electrons. The monoisotopic (exact) mass is 677 g/mol. The van der Waals surface area contributed by atoms with E-state index in [2.05, 4.69) is 38.4 Å². The van der Waals surface area contributed by atoms with Gasteiger partial charge >= 0.3 is 0 Å². The summed E-state index contributed by atoms with van der Waals surface area (Å²) in [5, 5.41) is 10.6. The van der Waals surface area contributed by atoms with Gasteiger partial charge in [-0.2, -0.15) is 0 Å². The first-order valence-electron chi connectivity index (χ1n) is 13.1. The maximum atomic E-state index is 14.0. The van der Waals surface area contributed by atoms with Gasteiger partial charge in [-0.3, -0.25) is 24.1 Å². The quantitative estimate of drug-likeness (QED) is 0.235. The number of rotatable bonds is 4. The Balaban J connectivity index is 1.52. The van der Waals surface area contributed by atoms with Crippen LogP contribution in [0.15, 0.2) is 80.3 Å². The Morgan fingerprint density at radius 2 is 1.76 bits per heavy atom. The van der Waals surface area contributed by atoms with Crippen molar-refractivity contribution in [1.82, 2.24) is 0 Å². The third-order valence-electron chi connectivity index (χ3n) is 8.65. The van der Waals surface area contributed by atoms with Crippen molar-refractivity contribution in [3.63, 3.8) is 0 Å². The minimum absolute atomic E-state index is 0.112. The molecule has 2 aromatic carbocycles. The number of benzene rings is 2. The molecule has 0 spiro atoms. The number of carbonyl (C=O) groups is 4. The van der Waals surface area contributed by atoms with E-state index < -0.39 is 23.7 Å². The van der Waals surface area contributed by atoms with E-state index in [0.717, 1.165) is 11.1 Å². The predicted molar refractivity (Wildman–Crippen MR) is 160 cm³/mol. The van der Waals surface area contributed by atoms with Crippen LogP contribution in [0, 0.1) is 17.8 Å². The van der Waals surface area contributed by atoms with E-state index in [9.17, 15) is 24.3 Å². The minimum atomic E-state index is -0.687. The molecule has 2 amide bonds. The molecule has 0 bridgehead atoms. The number of imide groups is 1.